The number of halogens is 5. The van der Waals surface area contributed by atoms with Gasteiger partial charge >= 0.3 is 6.18 Å². The zero-order valence-corrected chi connectivity index (χ0v) is 12.3. The third-order valence-electron chi connectivity index (χ3n) is 2.54. The zero-order valence-electron chi connectivity index (χ0n) is 10.8. The van der Waals surface area contributed by atoms with Crippen LogP contribution in [0.5, 0.6) is 0 Å². The van der Waals surface area contributed by atoms with Gasteiger partial charge in [-0.25, -0.2) is 0 Å². The first-order chi connectivity index (χ1) is 9.23. The summed E-state index contributed by atoms with van der Waals surface area (Å²) in [5.41, 5.74) is 0.180. The van der Waals surface area contributed by atoms with Gasteiger partial charge in [0, 0.05) is 10.6 Å². The maximum atomic E-state index is 12.4. The van der Waals surface area contributed by atoms with Crippen LogP contribution in [0.2, 0.25) is 10.0 Å². The van der Waals surface area contributed by atoms with Gasteiger partial charge in [-0.3, -0.25) is 9.69 Å². The van der Waals surface area contributed by atoms with Gasteiger partial charge in [-0.15, -0.1) is 0 Å². The number of nitrogens with zero attached hydrogens (tertiary/aromatic N) is 1. The van der Waals surface area contributed by atoms with Crippen LogP contribution < -0.4 is 0 Å². The Bertz CT molecular complexity index is 477. The van der Waals surface area contributed by atoms with Gasteiger partial charge in [-0.2, -0.15) is 13.2 Å². The Morgan fingerprint density at radius 1 is 1.30 bits per heavy atom. The van der Waals surface area contributed by atoms with Crippen LogP contribution in [0, 0.1) is 0 Å². The van der Waals surface area contributed by atoms with Gasteiger partial charge in [0.1, 0.15) is 0 Å². The highest BCUT2D eigenvalue weighted by Gasteiger charge is 2.31. The highest BCUT2D eigenvalue weighted by molar-refractivity contribution is 6.36. The normalized spacial score (nSPS) is 11.9. The van der Waals surface area contributed by atoms with Crippen molar-refractivity contribution < 1.29 is 18.0 Å². The van der Waals surface area contributed by atoms with Crippen molar-refractivity contribution in [3.05, 3.63) is 33.8 Å². The van der Waals surface area contributed by atoms with Gasteiger partial charge in [-0.1, -0.05) is 30.1 Å². The third kappa shape index (κ3) is 5.69. The van der Waals surface area contributed by atoms with E-state index in [0.717, 1.165) is 4.90 Å². The maximum Gasteiger partial charge on any atom is 0.401 e. The first-order valence-corrected chi connectivity index (χ1v) is 6.76. The molecule has 0 aromatic heterocycles. The number of hydrogen-bond acceptors (Lipinski definition) is 2. The van der Waals surface area contributed by atoms with E-state index in [4.69, 9.17) is 23.2 Å². The lowest BCUT2D eigenvalue weighted by molar-refractivity contribution is -0.144. The van der Waals surface area contributed by atoms with Crippen LogP contribution in [0.1, 0.15) is 23.7 Å². The number of rotatable bonds is 6. The number of Topliss-reactive ketones (excluding diaryl/α,β-unsaturated/α-hetero) is 1. The summed E-state index contributed by atoms with van der Waals surface area (Å²) in [5.74, 6) is -0.454. The van der Waals surface area contributed by atoms with Gasteiger partial charge in [0.05, 0.1) is 18.1 Å². The Morgan fingerprint density at radius 3 is 2.45 bits per heavy atom. The van der Waals surface area contributed by atoms with E-state index in [2.05, 4.69) is 0 Å². The van der Waals surface area contributed by atoms with Gasteiger partial charge in [-0.05, 0) is 31.2 Å². The number of alkyl halides is 3. The second kappa shape index (κ2) is 7.29. The molecule has 2 nitrogen and oxygen atoms in total. The highest BCUT2D eigenvalue weighted by atomic mass is 35.5. The maximum absolute atomic E-state index is 12.4. The van der Waals surface area contributed by atoms with Crippen molar-refractivity contribution >= 4 is 29.0 Å². The molecule has 7 heteroatoms. The Morgan fingerprint density at radius 2 is 1.95 bits per heavy atom. The molecule has 1 rings (SSSR count). The lowest BCUT2D eigenvalue weighted by Crippen LogP contribution is -2.38. The van der Waals surface area contributed by atoms with E-state index in [1.165, 1.54) is 18.2 Å². The molecule has 0 aliphatic heterocycles. The van der Waals surface area contributed by atoms with Gasteiger partial charge in [0.15, 0.2) is 5.78 Å². The average Bonchev–Trinajstić information content (AvgIpc) is 2.26. The smallest absolute Gasteiger partial charge is 0.293 e. The molecule has 0 radical (unpaired) electrons. The van der Waals surface area contributed by atoms with E-state index < -0.39 is 18.5 Å². The van der Waals surface area contributed by atoms with Crippen molar-refractivity contribution in [2.45, 2.75) is 19.5 Å². The summed E-state index contributed by atoms with van der Waals surface area (Å²) in [6.07, 6.45) is -3.81. The Labute approximate surface area is 125 Å². The molecular weight excluding hydrogens is 314 g/mol. The molecule has 0 aliphatic rings. The number of ketones is 1. The number of benzene rings is 1. The van der Waals surface area contributed by atoms with Crippen molar-refractivity contribution in [1.29, 1.82) is 0 Å². The van der Waals surface area contributed by atoms with E-state index in [0.29, 0.717) is 11.4 Å². The Kier molecular flexibility index (Phi) is 6.30. The average molecular weight is 328 g/mol. The molecule has 0 spiro atoms. The summed E-state index contributed by atoms with van der Waals surface area (Å²) in [5, 5.41) is 0.512. The van der Waals surface area contributed by atoms with E-state index in [1.54, 1.807) is 6.92 Å². The molecule has 1 aromatic rings. The van der Waals surface area contributed by atoms with Crippen molar-refractivity contribution in [3.63, 3.8) is 0 Å². The summed E-state index contributed by atoms with van der Waals surface area (Å²) in [6.45, 7) is 0.506. The number of carbonyl (C=O) groups is 1. The minimum Gasteiger partial charge on any atom is -0.293 e. The second-order valence-electron chi connectivity index (χ2n) is 4.37. The van der Waals surface area contributed by atoms with Crippen molar-refractivity contribution in [3.8, 4) is 0 Å². The first-order valence-electron chi connectivity index (χ1n) is 6.00. The molecule has 0 bridgehead atoms. The molecule has 0 amide bonds. The summed E-state index contributed by atoms with van der Waals surface area (Å²) in [7, 11) is 0. The Hall–Kier alpha value is -0.780. The van der Waals surface area contributed by atoms with E-state index >= 15 is 0 Å². The predicted octanol–water partition coefficient (Wildman–Crippen LogP) is 4.45. The highest BCUT2D eigenvalue weighted by Crippen LogP contribution is 2.22. The van der Waals surface area contributed by atoms with Crippen LogP contribution in [-0.4, -0.2) is 36.5 Å². The number of carbonyl (C=O) groups excluding carboxylic acids is 1. The molecule has 0 atom stereocenters. The van der Waals surface area contributed by atoms with E-state index in [1.807, 2.05) is 0 Å². The topological polar surface area (TPSA) is 20.3 Å². The molecule has 0 heterocycles. The molecule has 0 N–H and O–H groups in total. The second-order valence-corrected chi connectivity index (χ2v) is 5.22. The van der Waals surface area contributed by atoms with Gasteiger partial charge < -0.3 is 0 Å². The fraction of sp³-hybridized carbons (Fsp3) is 0.462. The quantitative estimate of drug-likeness (QED) is 0.719. The molecular formula is C13H14Cl2F3NO. The van der Waals surface area contributed by atoms with Crippen LogP contribution in [0.3, 0.4) is 0 Å². The summed E-state index contributed by atoms with van der Waals surface area (Å²) < 4.78 is 37.3. The largest absolute Gasteiger partial charge is 0.401 e. The molecule has 20 heavy (non-hydrogen) atoms. The summed E-state index contributed by atoms with van der Waals surface area (Å²) >= 11 is 11.6. The first kappa shape index (κ1) is 17.3. The van der Waals surface area contributed by atoms with Crippen molar-refractivity contribution in [1.82, 2.24) is 4.90 Å². The zero-order chi connectivity index (χ0) is 15.3. The van der Waals surface area contributed by atoms with Crippen LogP contribution in [-0.2, 0) is 0 Å². The van der Waals surface area contributed by atoms with Crippen LogP contribution in [0.15, 0.2) is 18.2 Å². The van der Waals surface area contributed by atoms with E-state index in [9.17, 15) is 18.0 Å². The minimum atomic E-state index is -4.33. The van der Waals surface area contributed by atoms with Gasteiger partial charge in [0.2, 0.25) is 0 Å². The van der Waals surface area contributed by atoms with Crippen molar-refractivity contribution in [2.24, 2.45) is 0 Å². The molecule has 1 aromatic carbocycles. The molecule has 0 aliphatic carbocycles. The number of hydrogen-bond donors (Lipinski definition) is 0. The van der Waals surface area contributed by atoms with Crippen LogP contribution >= 0.6 is 23.2 Å². The summed E-state index contributed by atoms with van der Waals surface area (Å²) in [4.78, 5) is 13.1. The lowest BCUT2D eigenvalue weighted by atomic mass is 10.1. The monoisotopic (exact) mass is 327 g/mol. The van der Waals surface area contributed by atoms with E-state index in [-0.39, 0.29) is 23.7 Å². The van der Waals surface area contributed by atoms with Crippen LogP contribution in [0.25, 0.3) is 0 Å². The SMILES string of the molecule is CCCN(CC(=O)c1ccc(Cl)cc1Cl)CC(F)(F)F. The fourth-order valence-electron chi connectivity index (χ4n) is 1.79. The fourth-order valence-corrected chi connectivity index (χ4v) is 2.30. The van der Waals surface area contributed by atoms with Gasteiger partial charge in [0.25, 0.3) is 0 Å². The lowest BCUT2D eigenvalue weighted by Gasteiger charge is -2.22. The predicted molar refractivity (Wildman–Crippen MR) is 73.6 cm³/mol. The van der Waals surface area contributed by atoms with Crippen molar-refractivity contribution in [2.75, 3.05) is 19.6 Å². The van der Waals surface area contributed by atoms with Crippen LogP contribution in [0.4, 0.5) is 13.2 Å². The molecule has 0 saturated carbocycles. The molecule has 0 fully saturated rings. The summed E-state index contributed by atoms with van der Waals surface area (Å²) in [6, 6.07) is 4.30. The Balaban J connectivity index is 2.79. The molecule has 112 valence electrons. The molecule has 0 saturated heterocycles. The standard InChI is InChI=1S/C13H14Cl2F3NO/c1-2-5-19(8-13(16,17)18)7-12(20)10-4-3-9(14)6-11(10)15/h3-4,6H,2,5,7-8H2,1H3. The third-order valence-corrected chi connectivity index (χ3v) is 3.09. The minimum absolute atomic E-state index is 0.144. The molecule has 0 unspecified atom stereocenters.